The SMILES string of the molecule is Clc1nc(Cl)nc(Nc2ccccc2Cl)n1.c1ccc2c(c1)sc1ccccc12. The summed E-state index contributed by atoms with van der Waals surface area (Å²) in [4.78, 5) is 11.4. The molecule has 0 bridgehead atoms. The molecular weight excluding hydrogens is 447 g/mol. The lowest BCUT2D eigenvalue weighted by Crippen LogP contribution is -1.99. The van der Waals surface area contributed by atoms with Crippen LogP contribution in [0.2, 0.25) is 15.6 Å². The van der Waals surface area contributed by atoms with E-state index in [4.69, 9.17) is 34.8 Å². The molecule has 0 saturated carbocycles. The molecule has 0 atom stereocenters. The van der Waals surface area contributed by atoms with Gasteiger partial charge in [-0.25, -0.2) is 0 Å². The number of thiophene rings is 1. The third-order valence-corrected chi connectivity index (χ3v) is 5.80. The molecule has 144 valence electrons. The number of para-hydroxylation sites is 1. The zero-order chi connectivity index (χ0) is 20.2. The second-order valence-electron chi connectivity index (χ2n) is 5.90. The summed E-state index contributed by atoms with van der Waals surface area (Å²) in [5, 5.41) is 6.24. The van der Waals surface area contributed by atoms with Crippen LogP contribution in [0.4, 0.5) is 11.6 Å². The standard InChI is InChI=1S/C12H8S.C9H5Cl3N4/c1-3-7-11-9(5-1)10-6-2-4-8-12(10)13-11;10-5-3-1-2-4-6(5)13-9-15-7(11)14-8(12)16-9/h1-8H;1-4H,(H,13,14,15,16). The number of nitrogens with one attached hydrogen (secondary N) is 1. The normalized spacial score (nSPS) is 10.6. The minimum atomic E-state index is 0.0227. The van der Waals surface area contributed by atoms with E-state index in [-0.39, 0.29) is 16.5 Å². The topological polar surface area (TPSA) is 50.7 Å². The van der Waals surface area contributed by atoms with E-state index < -0.39 is 0 Å². The van der Waals surface area contributed by atoms with Crippen molar-refractivity contribution in [3.8, 4) is 0 Å². The first-order valence-corrected chi connectivity index (χ1v) is 10.5. The zero-order valence-corrected chi connectivity index (χ0v) is 17.9. The fraction of sp³-hybridized carbons (Fsp3) is 0. The lowest BCUT2D eigenvalue weighted by molar-refractivity contribution is 1.05. The highest BCUT2D eigenvalue weighted by atomic mass is 35.5. The van der Waals surface area contributed by atoms with Gasteiger partial charge in [0.1, 0.15) is 0 Å². The van der Waals surface area contributed by atoms with Gasteiger partial charge in [0, 0.05) is 20.2 Å². The predicted molar refractivity (Wildman–Crippen MR) is 124 cm³/mol. The third kappa shape index (κ3) is 4.77. The molecule has 0 saturated heterocycles. The zero-order valence-electron chi connectivity index (χ0n) is 14.8. The summed E-state index contributed by atoms with van der Waals surface area (Å²) >= 11 is 19.1. The van der Waals surface area contributed by atoms with Crippen LogP contribution in [0, 0.1) is 0 Å². The minimum absolute atomic E-state index is 0.0227. The smallest absolute Gasteiger partial charge is 0.232 e. The summed E-state index contributed by atoms with van der Waals surface area (Å²) in [6.07, 6.45) is 0. The van der Waals surface area contributed by atoms with Gasteiger partial charge in [-0.3, -0.25) is 0 Å². The number of anilines is 2. The summed E-state index contributed by atoms with van der Waals surface area (Å²) in [6, 6.07) is 24.3. The first kappa shape index (κ1) is 19.9. The Morgan fingerprint density at radius 1 is 0.621 bits per heavy atom. The van der Waals surface area contributed by atoms with Crippen LogP contribution in [0.25, 0.3) is 20.2 Å². The largest absolute Gasteiger partial charge is 0.323 e. The minimum Gasteiger partial charge on any atom is -0.323 e. The van der Waals surface area contributed by atoms with E-state index in [1.807, 2.05) is 23.5 Å². The van der Waals surface area contributed by atoms with Crippen LogP contribution in [-0.2, 0) is 0 Å². The summed E-state index contributed by atoms with van der Waals surface area (Å²) in [7, 11) is 0. The second-order valence-corrected chi connectivity index (χ2v) is 8.06. The number of benzene rings is 3. The monoisotopic (exact) mass is 458 g/mol. The lowest BCUT2D eigenvalue weighted by atomic mass is 10.2. The fourth-order valence-corrected chi connectivity index (χ4v) is 4.39. The molecule has 0 aliphatic rings. The van der Waals surface area contributed by atoms with Gasteiger partial charge in [0.25, 0.3) is 0 Å². The van der Waals surface area contributed by atoms with Gasteiger partial charge in [-0.05, 0) is 47.5 Å². The number of halogens is 3. The van der Waals surface area contributed by atoms with Crippen molar-refractivity contribution in [1.29, 1.82) is 0 Å². The van der Waals surface area contributed by atoms with Crippen LogP contribution < -0.4 is 5.32 Å². The Morgan fingerprint density at radius 2 is 1.14 bits per heavy atom. The van der Waals surface area contributed by atoms with E-state index in [2.05, 4.69) is 68.8 Å². The number of hydrogen-bond donors (Lipinski definition) is 1. The molecule has 0 spiro atoms. The molecule has 0 radical (unpaired) electrons. The fourth-order valence-electron chi connectivity index (χ4n) is 2.74. The maximum absolute atomic E-state index is 5.95. The highest BCUT2D eigenvalue weighted by molar-refractivity contribution is 7.25. The number of nitrogens with zero attached hydrogens (tertiary/aromatic N) is 3. The predicted octanol–water partition coefficient (Wildman–Crippen LogP) is 7.63. The van der Waals surface area contributed by atoms with Gasteiger partial charge in [0.15, 0.2) is 0 Å². The molecule has 0 aliphatic carbocycles. The number of aromatic nitrogens is 3. The van der Waals surface area contributed by atoms with E-state index in [1.165, 1.54) is 20.2 Å². The first-order chi connectivity index (χ1) is 14.1. The van der Waals surface area contributed by atoms with Crippen LogP contribution in [0.5, 0.6) is 0 Å². The van der Waals surface area contributed by atoms with Crippen molar-refractivity contribution >= 4 is 77.9 Å². The molecule has 1 N–H and O–H groups in total. The van der Waals surface area contributed by atoms with E-state index in [0.717, 1.165) is 0 Å². The quantitative estimate of drug-likeness (QED) is 0.295. The lowest BCUT2D eigenvalue weighted by Gasteiger charge is -2.06. The van der Waals surface area contributed by atoms with Crippen molar-refractivity contribution in [3.05, 3.63) is 88.4 Å². The van der Waals surface area contributed by atoms with Gasteiger partial charge in [-0.15, -0.1) is 11.3 Å². The van der Waals surface area contributed by atoms with Crippen molar-refractivity contribution in [2.75, 3.05) is 5.32 Å². The molecule has 5 aromatic rings. The second kappa shape index (κ2) is 8.93. The van der Waals surface area contributed by atoms with Crippen LogP contribution in [0.3, 0.4) is 0 Å². The van der Waals surface area contributed by atoms with Crippen molar-refractivity contribution in [2.45, 2.75) is 0 Å². The maximum Gasteiger partial charge on any atom is 0.232 e. The Morgan fingerprint density at radius 3 is 1.72 bits per heavy atom. The Balaban J connectivity index is 0.000000144. The third-order valence-electron chi connectivity index (χ3n) is 3.99. The number of rotatable bonds is 2. The van der Waals surface area contributed by atoms with Gasteiger partial charge >= 0.3 is 0 Å². The average Bonchev–Trinajstić information content (AvgIpc) is 3.08. The number of fused-ring (bicyclic) bond motifs is 3. The summed E-state index contributed by atoms with van der Waals surface area (Å²) in [5.74, 6) is 0.248. The van der Waals surface area contributed by atoms with Crippen LogP contribution >= 0.6 is 46.1 Å². The van der Waals surface area contributed by atoms with E-state index in [1.54, 1.807) is 12.1 Å². The summed E-state index contributed by atoms with van der Waals surface area (Å²) in [6.45, 7) is 0. The first-order valence-electron chi connectivity index (χ1n) is 8.55. The van der Waals surface area contributed by atoms with E-state index >= 15 is 0 Å². The van der Waals surface area contributed by atoms with Crippen molar-refractivity contribution < 1.29 is 0 Å². The van der Waals surface area contributed by atoms with Gasteiger partial charge in [-0.1, -0.05) is 60.1 Å². The highest BCUT2D eigenvalue weighted by Crippen LogP contribution is 2.32. The Labute approximate surface area is 186 Å². The maximum atomic E-state index is 5.95. The van der Waals surface area contributed by atoms with Crippen molar-refractivity contribution in [1.82, 2.24) is 15.0 Å². The van der Waals surface area contributed by atoms with Gasteiger partial charge < -0.3 is 5.32 Å². The molecule has 0 aliphatic heterocycles. The molecule has 8 heteroatoms. The molecule has 3 aromatic carbocycles. The van der Waals surface area contributed by atoms with E-state index in [0.29, 0.717) is 10.7 Å². The molecule has 0 amide bonds. The molecular formula is C21H13Cl3N4S. The van der Waals surface area contributed by atoms with Gasteiger partial charge in [-0.2, -0.15) is 15.0 Å². The molecule has 29 heavy (non-hydrogen) atoms. The average molecular weight is 460 g/mol. The molecule has 0 unspecified atom stereocenters. The molecule has 5 rings (SSSR count). The summed E-state index contributed by atoms with van der Waals surface area (Å²) < 4.78 is 2.76. The van der Waals surface area contributed by atoms with Gasteiger partial charge in [0.05, 0.1) is 10.7 Å². The highest BCUT2D eigenvalue weighted by Gasteiger charge is 2.05. The Bertz CT molecular complexity index is 1220. The molecule has 4 nitrogen and oxygen atoms in total. The van der Waals surface area contributed by atoms with Crippen molar-refractivity contribution in [2.24, 2.45) is 0 Å². The Hall–Kier alpha value is -2.44. The van der Waals surface area contributed by atoms with Crippen molar-refractivity contribution in [3.63, 3.8) is 0 Å². The molecule has 2 aromatic heterocycles. The molecule has 2 heterocycles. The van der Waals surface area contributed by atoms with Crippen LogP contribution in [0.15, 0.2) is 72.8 Å². The summed E-state index contributed by atoms with van der Waals surface area (Å²) in [5.41, 5.74) is 0.669. The molecule has 0 fully saturated rings. The van der Waals surface area contributed by atoms with Crippen LogP contribution in [-0.4, -0.2) is 15.0 Å². The van der Waals surface area contributed by atoms with E-state index in [9.17, 15) is 0 Å². The van der Waals surface area contributed by atoms with Crippen LogP contribution in [0.1, 0.15) is 0 Å². The van der Waals surface area contributed by atoms with Gasteiger partial charge in [0.2, 0.25) is 16.5 Å². The number of hydrogen-bond acceptors (Lipinski definition) is 5. The Kier molecular flexibility index (Phi) is 6.11.